The molecule has 6 heteroatoms. The summed E-state index contributed by atoms with van der Waals surface area (Å²) in [4.78, 5) is 10.8. The van der Waals surface area contributed by atoms with Gasteiger partial charge in [-0.05, 0) is 30.2 Å². The van der Waals surface area contributed by atoms with Gasteiger partial charge in [-0.15, -0.1) is 0 Å². The summed E-state index contributed by atoms with van der Waals surface area (Å²) >= 11 is 0. The highest BCUT2D eigenvalue weighted by molar-refractivity contribution is 5.76. The molecule has 0 radical (unpaired) electrons. The Morgan fingerprint density at radius 1 is 1.13 bits per heavy atom. The zero-order valence-corrected chi connectivity index (χ0v) is 11.9. The molecule has 23 heavy (non-hydrogen) atoms. The van der Waals surface area contributed by atoms with Gasteiger partial charge in [0.1, 0.15) is 11.9 Å². The lowest BCUT2D eigenvalue weighted by Crippen LogP contribution is -2.16. The van der Waals surface area contributed by atoms with Crippen molar-refractivity contribution in [3.63, 3.8) is 0 Å². The lowest BCUT2D eigenvalue weighted by molar-refractivity contribution is -0.138. The minimum atomic E-state index is -4.43. The topological polar surface area (TPSA) is 46.5 Å². The van der Waals surface area contributed by atoms with E-state index in [1.165, 1.54) is 6.07 Å². The lowest BCUT2D eigenvalue weighted by Gasteiger charge is -2.29. The van der Waals surface area contributed by atoms with Crippen molar-refractivity contribution in [2.45, 2.75) is 25.1 Å². The van der Waals surface area contributed by atoms with Crippen LogP contribution in [0.3, 0.4) is 0 Å². The second-order valence-corrected chi connectivity index (χ2v) is 5.33. The van der Waals surface area contributed by atoms with Crippen molar-refractivity contribution in [3.05, 3.63) is 53.6 Å². The first-order valence-corrected chi connectivity index (χ1v) is 7.05. The van der Waals surface area contributed by atoms with Crippen molar-refractivity contribution in [2.75, 3.05) is 0 Å². The molecule has 0 aromatic heterocycles. The van der Waals surface area contributed by atoms with Crippen LogP contribution in [0.1, 0.15) is 30.1 Å². The normalized spacial score (nSPS) is 16.2. The highest BCUT2D eigenvalue weighted by Gasteiger charge is 2.33. The smallest absolute Gasteiger partial charge is 0.416 e. The van der Waals surface area contributed by atoms with Crippen molar-refractivity contribution < 1.29 is 27.8 Å². The Balaban J connectivity index is 2.05. The maximum Gasteiger partial charge on any atom is 0.416 e. The number of fused-ring (bicyclic) bond motifs is 3. The van der Waals surface area contributed by atoms with E-state index in [4.69, 9.17) is 9.84 Å². The fourth-order valence-corrected chi connectivity index (χ4v) is 2.73. The van der Waals surface area contributed by atoms with Gasteiger partial charge in [-0.2, -0.15) is 13.2 Å². The number of aliphatic carboxylic acids is 1. The number of hydrogen-bond donors (Lipinski definition) is 1. The van der Waals surface area contributed by atoms with E-state index in [9.17, 15) is 18.0 Å². The first-order chi connectivity index (χ1) is 10.9. The van der Waals surface area contributed by atoms with Gasteiger partial charge in [-0.3, -0.25) is 4.79 Å². The van der Waals surface area contributed by atoms with Gasteiger partial charge >= 0.3 is 12.1 Å². The molecule has 1 heterocycles. The third-order valence-electron chi connectivity index (χ3n) is 3.79. The van der Waals surface area contributed by atoms with Crippen LogP contribution < -0.4 is 4.74 Å². The molecule has 2 aromatic carbocycles. The molecule has 1 N–H and O–H groups in total. The molecule has 0 saturated carbocycles. The van der Waals surface area contributed by atoms with E-state index in [1.54, 1.807) is 24.3 Å². The summed E-state index contributed by atoms with van der Waals surface area (Å²) in [6.45, 7) is 0. The summed E-state index contributed by atoms with van der Waals surface area (Å²) < 4.78 is 44.5. The van der Waals surface area contributed by atoms with Crippen LogP contribution in [0.25, 0.3) is 11.1 Å². The minimum absolute atomic E-state index is 0.0744. The Kier molecular flexibility index (Phi) is 3.75. The van der Waals surface area contributed by atoms with Crippen molar-refractivity contribution in [2.24, 2.45) is 0 Å². The maximum atomic E-state index is 12.9. The summed E-state index contributed by atoms with van der Waals surface area (Å²) in [5, 5.41) is 8.83. The number of hydrogen-bond acceptors (Lipinski definition) is 2. The highest BCUT2D eigenvalue weighted by Crippen LogP contribution is 2.45. The molecule has 0 saturated heterocycles. The average molecular weight is 322 g/mol. The second-order valence-electron chi connectivity index (χ2n) is 5.33. The first kappa shape index (κ1) is 15.4. The fraction of sp³-hybridized carbons (Fsp3) is 0.235. The standard InChI is InChI=1S/C17H13F3O3/c18-17(19,20)10-5-6-15-13(9-10)11-3-1-2-4-12(11)14(23-15)7-8-16(21)22/h1-6,9,14H,7-8H2,(H,21,22). The van der Waals surface area contributed by atoms with Gasteiger partial charge in [0, 0.05) is 17.5 Å². The third kappa shape index (κ3) is 3.02. The van der Waals surface area contributed by atoms with Crippen LogP contribution in [0.5, 0.6) is 5.75 Å². The number of carboxylic acid groups (broad SMARTS) is 1. The molecule has 2 aromatic rings. The van der Waals surface area contributed by atoms with E-state index >= 15 is 0 Å². The zero-order chi connectivity index (χ0) is 16.6. The lowest BCUT2D eigenvalue weighted by atomic mass is 9.90. The van der Waals surface area contributed by atoms with E-state index in [2.05, 4.69) is 0 Å². The highest BCUT2D eigenvalue weighted by atomic mass is 19.4. The van der Waals surface area contributed by atoms with Crippen LogP contribution in [0, 0.1) is 0 Å². The SMILES string of the molecule is O=C(O)CCC1Oc2ccc(C(F)(F)F)cc2-c2ccccc21. The van der Waals surface area contributed by atoms with E-state index in [-0.39, 0.29) is 12.8 Å². The van der Waals surface area contributed by atoms with Crippen LogP contribution in [-0.2, 0) is 11.0 Å². The minimum Gasteiger partial charge on any atom is -0.485 e. The number of alkyl halides is 3. The molecule has 3 nitrogen and oxygen atoms in total. The molecule has 1 unspecified atom stereocenters. The average Bonchev–Trinajstić information content (AvgIpc) is 2.51. The zero-order valence-electron chi connectivity index (χ0n) is 11.9. The summed E-state index contributed by atoms with van der Waals surface area (Å²) in [6, 6.07) is 10.3. The number of carbonyl (C=O) groups is 1. The first-order valence-electron chi connectivity index (χ1n) is 7.05. The van der Waals surface area contributed by atoms with Crippen LogP contribution in [0.2, 0.25) is 0 Å². The Morgan fingerprint density at radius 2 is 1.87 bits per heavy atom. The summed E-state index contributed by atoms with van der Waals surface area (Å²) in [5.74, 6) is -0.601. The predicted molar refractivity (Wildman–Crippen MR) is 77.1 cm³/mol. The quantitative estimate of drug-likeness (QED) is 0.893. The van der Waals surface area contributed by atoms with Gasteiger partial charge in [0.25, 0.3) is 0 Å². The van der Waals surface area contributed by atoms with Crippen LogP contribution in [0.15, 0.2) is 42.5 Å². The Labute approximate surface area is 130 Å². The Hall–Kier alpha value is -2.50. The second kappa shape index (κ2) is 5.61. The molecule has 0 amide bonds. The number of rotatable bonds is 3. The van der Waals surface area contributed by atoms with E-state index in [1.807, 2.05) is 0 Å². The maximum absolute atomic E-state index is 12.9. The fourth-order valence-electron chi connectivity index (χ4n) is 2.73. The summed E-state index contributed by atoms with van der Waals surface area (Å²) in [7, 11) is 0. The molecule has 120 valence electrons. The van der Waals surface area contributed by atoms with Crippen LogP contribution in [0.4, 0.5) is 13.2 Å². The molecule has 1 aliphatic rings. The van der Waals surface area contributed by atoms with E-state index in [0.717, 1.165) is 12.1 Å². The molecule has 0 fully saturated rings. The summed E-state index contributed by atoms with van der Waals surface area (Å²) in [5.41, 5.74) is 0.997. The Bertz CT molecular complexity index is 753. The molecule has 1 aliphatic heterocycles. The van der Waals surface area contributed by atoms with Gasteiger partial charge in [-0.1, -0.05) is 24.3 Å². The van der Waals surface area contributed by atoms with E-state index in [0.29, 0.717) is 22.4 Å². The number of carboxylic acids is 1. The monoisotopic (exact) mass is 322 g/mol. The van der Waals surface area contributed by atoms with Gasteiger partial charge in [0.15, 0.2) is 0 Å². The van der Waals surface area contributed by atoms with Gasteiger partial charge < -0.3 is 9.84 Å². The molecular weight excluding hydrogens is 309 g/mol. The third-order valence-corrected chi connectivity index (χ3v) is 3.79. The molecule has 3 rings (SSSR count). The molecular formula is C17H13F3O3. The number of halogens is 3. The van der Waals surface area contributed by atoms with Crippen molar-refractivity contribution >= 4 is 5.97 Å². The number of ether oxygens (including phenoxy) is 1. The Morgan fingerprint density at radius 3 is 2.57 bits per heavy atom. The molecule has 0 bridgehead atoms. The van der Waals surface area contributed by atoms with Crippen LogP contribution in [-0.4, -0.2) is 11.1 Å². The van der Waals surface area contributed by atoms with Crippen LogP contribution >= 0.6 is 0 Å². The van der Waals surface area contributed by atoms with Crippen molar-refractivity contribution in [1.29, 1.82) is 0 Å². The van der Waals surface area contributed by atoms with Gasteiger partial charge in [0.05, 0.1) is 5.56 Å². The summed E-state index contributed by atoms with van der Waals surface area (Å²) in [6.07, 6.45) is -4.72. The number of benzene rings is 2. The largest absolute Gasteiger partial charge is 0.485 e. The van der Waals surface area contributed by atoms with Gasteiger partial charge in [-0.25, -0.2) is 0 Å². The van der Waals surface area contributed by atoms with Crippen molar-refractivity contribution in [3.8, 4) is 16.9 Å². The molecule has 0 spiro atoms. The molecule has 1 atom stereocenters. The van der Waals surface area contributed by atoms with Crippen molar-refractivity contribution in [1.82, 2.24) is 0 Å². The molecule has 0 aliphatic carbocycles. The predicted octanol–water partition coefficient (Wildman–Crippen LogP) is 4.67. The van der Waals surface area contributed by atoms with E-state index < -0.39 is 23.8 Å². The van der Waals surface area contributed by atoms with Gasteiger partial charge in [0.2, 0.25) is 0 Å².